The Kier molecular flexibility index (Phi) is 9.47. The lowest BCUT2D eigenvalue weighted by molar-refractivity contribution is -0.309. The van der Waals surface area contributed by atoms with Crippen LogP contribution in [0.25, 0.3) is 0 Å². The summed E-state index contributed by atoms with van der Waals surface area (Å²) < 4.78 is 0. The third-order valence-electron chi connectivity index (χ3n) is 19.2. The molecule has 7 nitrogen and oxygen atoms in total. The van der Waals surface area contributed by atoms with E-state index in [-0.39, 0.29) is 68.6 Å². The Balaban J connectivity index is 1.11. The van der Waals surface area contributed by atoms with Gasteiger partial charge < -0.3 is 25.0 Å². The SMILES string of the molecule is C=C(C)[C@@H]1CC[C@]2(C(=O)N[C@H]3C[C@@H](C(=O)N4CCN(CC)CC4)C3(C)C)CC[C@]3(C)[C@H](CC[C@@H]4[C@]5(C)CC[C@@H](CC(=O)[O-])C(C)(C)[C@H]5CC[C@]43C)[C@@H]12. The molecule has 1 saturated heterocycles. The predicted molar refractivity (Wildman–Crippen MR) is 205 cm³/mol. The number of carbonyl (C=O) groups is 3. The molecule has 1 N–H and O–H groups in total. The summed E-state index contributed by atoms with van der Waals surface area (Å²) in [5.41, 5.74) is 1.10. The molecular formula is C45H72N3O4-. The van der Waals surface area contributed by atoms with E-state index < -0.39 is 5.97 Å². The molecular weight excluding hydrogens is 647 g/mol. The van der Waals surface area contributed by atoms with E-state index in [0.717, 1.165) is 84.1 Å². The van der Waals surface area contributed by atoms with Gasteiger partial charge in [0.1, 0.15) is 0 Å². The summed E-state index contributed by atoms with van der Waals surface area (Å²) in [5.74, 6) is 2.06. The quantitative estimate of drug-likeness (QED) is 0.284. The van der Waals surface area contributed by atoms with Gasteiger partial charge in [0.25, 0.3) is 0 Å². The third kappa shape index (κ3) is 5.36. The number of likely N-dealkylation sites (N-methyl/N-ethyl adjacent to an activating group) is 1. The standard InChI is InChI=1S/C45H73N3O4/c1-11-47-22-24-48(25-23-47)38(51)32-27-35(41(32,6)7)46-39(52)45-19-15-30(28(2)3)37(45)31-12-13-34-42(8)17-14-29(26-36(49)50)40(4,5)33(42)16-18-44(34,10)43(31,9)20-21-45/h29-35,37H,2,11-27H2,1,3-10H3,(H,46,52)(H,49,50)/p-1/t29-,30-,31+,32-,33+,34+,35-,37+,42+,43+,44+,45-/m0/s1. The van der Waals surface area contributed by atoms with Crippen molar-refractivity contribution < 1.29 is 19.5 Å². The van der Waals surface area contributed by atoms with Gasteiger partial charge in [-0.15, -0.1) is 0 Å². The number of amides is 2. The largest absolute Gasteiger partial charge is 0.550 e. The molecule has 12 atom stereocenters. The van der Waals surface area contributed by atoms with Crippen molar-refractivity contribution in [1.82, 2.24) is 15.1 Å². The molecule has 0 aromatic carbocycles. The lowest BCUT2D eigenvalue weighted by atomic mass is 9.32. The minimum Gasteiger partial charge on any atom is -0.550 e. The first-order chi connectivity index (χ1) is 24.3. The van der Waals surface area contributed by atoms with Crippen LogP contribution in [0.15, 0.2) is 12.2 Å². The first-order valence-corrected chi connectivity index (χ1v) is 21.4. The molecule has 2 amide bonds. The average Bonchev–Trinajstić information content (AvgIpc) is 3.49. The van der Waals surface area contributed by atoms with Crippen molar-refractivity contribution in [2.24, 2.45) is 73.9 Å². The molecule has 7 heteroatoms. The van der Waals surface area contributed by atoms with E-state index in [2.05, 4.69) is 84.0 Å². The lowest BCUT2D eigenvalue weighted by Gasteiger charge is -2.73. The fourth-order valence-corrected chi connectivity index (χ4v) is 15.6. The van der Waals surface area contributed by atoms with Crippen molar-refractivity contribution in [3.8, 4) is 0 Å². The van der Waals surface area contributed by atoms with Gasteiger partial charge in [-0.1, -0.05) is 67.5 Å². The topological polar surface area (TPSA) is 92.8 Å². The van der Waals surface area contributed by atoms with Gasteiger partial charge in [-0.2, -0.15) is 0 Å². The van der Waals surface area contributed by atoms with Crippen molar-refractivity contribution in [3.63, 3.8) is 0 Å². The zero-order valence-electron chi connectivity index (χ0n) is 34.4. The first-order valence-electron chi connectivity index (χ1n) is 21.4. The number of carbonyl (C=O) groups excluding carboxylic acids is 3. The van der Waals surface area contributed by atoms with Crippen LogP contribution < -0.4 is 10.4 Å². The van der Waals surface area contributed by atoms with Crippen LogP contribution in [-0.4, -0.2) is 66.3 Å². The van der Waals surface area contributed by atoms with Crippen molar-refractivity contribution in [3.05, 3.63) is 12.2 Å². The van der Waals surface area contributed by atoms with E-state index in [1.807, 2.05) is 0 Å². The number of allylic oxidation sites excluding steroid dienone is 1. The number of carboxylic acids is 1. The third-order valence-corrected chi connectivity index (χ3v) is 19.2. The van der Waals surface area contributed by atoms with Crippen LogP contribution in [0.4, 0.5) is 0 Å². The lowest BCUT2D eigenvalue weighted by Crippen LogP contribution is -2.68. The van der Waals surface area contributed by atoms with Crippen molar-refractivity contribution in [2.75, 3.05) is 32.7 Å². The highest BCUT2D eigenvalue weighted by molar-refractivity contribution is 5.86. The van der Waals surface area contributed by atoms with Crippen LogP contribution in [0.1, 0.15) is 139 Å². The number of aliphatic carboxylic acids is 1. The van der Waals surface area contributed by atoms with Gasteiger partial charge in [-0.25, -0.2) is 0 Å². The van der Waals surface area contributed by atoms with Crippen LogP contribution >= 0.6 is 0 Å². The molecule has 7 rings (SSSR count). The van der Waals surface area contributed by atoms with Gasteiger partial charge in [-0.3, -0.25) is 9.59 Å². The smallest absolute Gasteiger partial charge is 0.226 e. The number of nitrogens with one attached hydrogen (secondary N) is 1. The van der Waals surface area contributed by atoms with Gasteiger partial charge in [0.15, 0.2) is 0 Å². The maximum atomic E-state index is 15.0. The Hall–Kier alpha value is -1.89. The summed E-state index contributed by atoms with van der Waals surface area (Å²) in [6, 6.07) is 0.0250. The molecule has 0 unspecified atom stereocenters. The van der Waals surface area contributed by atoms with Crippen LogP contribution in [-0.2, 0) is 14.4 Å². The predicted octanol–water partition coefficient (Wildman–Crippen LogP) is 7.10. The molecule has 292 valence electrons. The summed E-state index contributed by atoms with van der Waals surface area (Å²) in [6.07, 6.45) is 11.8. The second-order valence-corrected chi connectivity index (χ2v) is 21.4. The molecule has 6 saturated carbocycles. The summed E-state index contributed by atoms with van der Waals surface area (Å²) in [7, 11) is 0. The maximum Gasteiger partial charge on any atom is 0.226 e. The highest BCUT2D eigenvalue weighted by Gasteiger charge is 2.72. The van der Waals surface area contributed by atoms with E-state index in [1.165, 1.54) is 24.8 Å². The second-order valence-electron chi connectivity index (χ2n) is 21.4. The van der Waals surface area contributed by atoms with Crippen molar-refractivity contribution >= 4 is 17.8 Å². The molecule has 0 radical (unpaired) electrons. The highest BCUT2D eigenvalue weighted by atomic mass is 16.4. The van der Waals surface area contributed by atoms with Gasteiger partial charge in [-0.05, 0) is 153 Å². The van der Waals surface area contributed by atoms with Crippen LogP contribution in [0, 0.1) is 73.9 Å². The Morgan fingerprint density at radius 1 is 0.788 bits per heavy atom. The van der Waals surface area contributed by atoms with Crippen LogP contribution in [0.2, 0.25) is 0 Å². The summed E-state index contributed by atoms with van der Waals surface area (Å²) in [5, 5.41) is 15.4. The van der Waals surface area contributed by atoms with E-state index in [4.69, 9.17) is 0 Å². The molecule has 7 aliphatic rings. The molecule has 6 aliphatic carbocycles. The van der Waals surface area contributed by atoms with Gasteiger partial charge >= 0.3 is 0 Å². The average molecular weight is 719 g/mol. The molecule has 1 heterocycles. The normalized spacial score (nSPS) is 46.4. The number of fused-ring (bicyclic) bond motifs is 7. The first kappa shape index (κ1) is 38.4. The highest BCUT2D eigenvalue weighted by Crippen LogP contribution is 2.78. The molecule has 7 fully saturated rings. The Bertz CT molecular complexity index is 1460. The van der Waals surface area contributed by atoms with E-state index >= 15 is 0 Å². The Labute approximate surface area is 315 Å². The van der Waals surface area contributed by atoms with Gasteiger partial charge in [0, 0.05) is 44.1 Å². The molecule has 52 heavy (non-hydrogen) atoms. The van der Waals surface area contributed by atoms with Gasteiger partial charge in [0.2, 0.25) is 11.8 Å². The van der Waals surface area contributed by atoms with Crippen molar-refractivity contribution in [2.45, 2.75) is 145 Å². The van der Waals surface area contributed by atoms with Crippen LogP contribution in [0.5, 0.6) is 0 Å². The fourth-order valence-electron chi connectivity index (χ4n) is 15.6. The summed E-state index contributed by atoms with van der Waals surface area (Å²) in [4.78, 5) is 45.0. The van der Waals surface area contributed by atoms with E-state index in [0.29, 0.717) is 29.6 Å². The van der Waals surface area contributed by atoms with E-state index in [9.17, 15) is 19.5 Å². The number of carboxylic acid groups (broad SMARTS) is 1. The molecule has 0 bridgehead atoms. The van der Waals surface area contributed by atoms with E-state index in [1.54, 1.807) is 0 Å². The van der Waals surface area contributed by atoms with Crippen LogP contribution in [0.3, 0.4) is 0 Å². The second kappa shape index (κ2) is 12.8. The minimum atomic E-state index is -0.899. The number of rotatable bonds is 7. The fraction of sp³-hybridized carbons (Fsp3) is 0.889. The minimum absolute atomic E-state index is 0.0224. The number of hydrogen-bond acceptors (Lipinski definition) is 5. The number of piperazine rings is 1. The molecule has 0 aromatic rings. The van der Waals surface area contributed by atoms with Gasteiger partial charge in [0.05, 0.1) is 5.41 Å². The Morgan fingerprint density at radius 2 is 1.48 bits per heavy atom. The van der Waals surface area contributed by atoms with Crippen molar-refractivity contribution in [1.29, 1.82) is 0 Å². The zero-order chi connectivity index (χ0) is 37.8. The summed E-state index contributed by atoms with van der Waals surface area (Å²) in [6.45, 7) is 30.5. The molecule has 0 spiro atoms. The number of nitrogens with zero attached hydrogens (tertiary/aromatic N) is 2. The molecule has 1 aliphatic heterocycles. The zero-order valence-corrected chi connectivity index (χ0v) is 34.4. The number of hydrogen-bond donors (Lipinski definition) is 1. The monoisotopic (exact) mass is 719 g/mol. The summed E-state index contributed by atoms with van der Waals surface area (Å²) >= 11 is 0. The molecule has 0 aromatic heterocycles. The Morgan fingerprint density at radius 3 is 2.10 bits per heavy atom. The maximum absolute atomic E-state index is 15.0.